The fraction of sp³-hybridized carbons (Fsp3) is 0.364. The van der Waals surface area contributed by atoms with Gasteiger partial charge in [0.2, 0.25) is 0 Å². The summed E-state index contributed by atoms with van der Waals surface area (Å²) < 4.78 is 4.26. The number of hydrogen-bond donors (Lipinski definition) is 1. The molecule has 0 amide bonds. The van der Waals surface area contributed by atoms with Crippen LogP contribution in [0.1, 0.15) is 26.2 Å². The number of pyridine rings is 1. The summed E-state index contributed by atoms with van der Waals surface area (Å²) in [6, 6.07) is 12.1. The average molecular weight is 584 g/mol. The number of hydrogen-bond acceptors (Lipinski definition) is 5. The van der Waals surface area contributed by atoms with Gasteiger partial charge in [-0.2, -0.15) is 0 Å². The summed E-state index contributed by atoms with van der Waals surface area (Å²) in [5.41, 5.74) is 1.24. The van der Waals surface area contributed by atoms with Crippen LogP contribution < -0.4 is 11.2 Å². The van der Waals surface area contributed by atoms with Gasteiger partial charge in [0.05, 0.1) is 17.9 Å². The second-order valence-corrected chi connectivity index (χ2v) is 7.37. The summed E-state index contributed by atoms with van der Waals surface area (Å²) in [6.07, 6.45) is 5.11. The summed E-state index contributed by atoms with van der Waals surface area (Å²) in [5, 5.41) is 10.4. The molecular weight excluding hydrogens is 557 g/mol. The van der Waals surface area contributed by atoms with Crippen LogP contribution in [0.2, 0.25) is 0 Å². The van der Waals surface area contributed by atoms with Gasteiger partial charge in [-0.15, -0.1) is 0 Å². The van der Waals surface area contributed by atoms with Crippen LogP contribution in [0, 0.1) is 36.9 Å². The molecule has 0 spiro atoms. The first-order chi connectivity index (χ1) is 14.4. The van der Waals surface area contributed by atoms with Gasteiger partial charge in [0.1, 0.15) is 0 Å². The molecule has 0 fully saturated rings. The van der Waals surface area contributed by atoms with Crippen molar-refractivity contribution in [2.24, 2.45) is 14.1 Å². The Morgan fingerprint density at radius 2 is 1.74 bits per heavy atom. The van der Waals surface area contributed by atoms with Crippen molar-refractivity contribution in [2.45, 2.75) is 38.8 Å². The third-order valence-corrected chi connectivity index (χ3v) is 4.97. The number of aryl methyl sites for hydroxylation is 2. The van der Waals surface area contributed by atoms with E-state index in [0.29, 0.717) is 30.6 Å². The zero-order valence-electron chi connectivity index (χ0n) is 17.8. The third kappa shape index (κ3) is 6.02. The number of unbranched alkanes of at least 4 members (excludes halogenated alkanes) is 1. The number of nitrogens with zero attached hydrogens (tertiary/aromatic N) is 5. The number of rotatable bonds is 5. The Labute approximate surface area is 209 Å². The molecule has 4 rings (SSSR count). The molecule has 0 aliphatic heterocycles. The molecule has 0 saturated heterocycles. The maximum Gasteiger partial charge on any atom is 0.332 e. The Bertz CT molecular complexity index is 1190. The summed E-state index contributed by atoms with van der Waals surface area (Å²) in [5.74, 6) is 0. The molecule has 9 heteroatoms. The smallest absolute Gasteiger partial charge is 0.332 e. The van der Waals surface area contributed by atoms with Crippen LogP contribution in [0.5, 0.6) is 0 Å². The van der Waals surface area contributed by atoms with E-state index in [4.69, 9.17) is 0 Å². The van der Waals surface area contributed by atoms with Crippen LogP contribution in [-0.2, 0) is 20.6 Å². The van der Waals surface area contributed by atoms with Gasteiger partial charge in [-0.1, -0.05) is 24.3 Å². The molecule has 0 aliphatic rings. The van der Waals surface area contributed by atoms with Crippen molar-refractivity contribution in [3.63, 3.8) is 0 Å². The van der Waals surface area contributed by atoms with Crippen LogP contribution in [0.3, 0.4) is 0 Å². The fourth-order valence-corrected chi connectivity index (χ4v) is 3.32. The van der Waals surface area contributed by atoms with Gasteiger partial charge in [-0.05, 0) is 38.3 Å². The third-order valence-electron chi connectivity index (χ3n) is 4.97. The van der Waals surface area contributed by atoms with E-state index >= 15 is 0 Å². The fourth-order valence-electron chi connectivity index (χ4n) is 3.32. The van der Waals surface area contributed by atoms with E-state index in [1.807, 2.05) is 30.5 Å². The zero-order chi connectivity index (χ0) is 21.7. The minimum absolute atomic E-state index is 0. The molecule has 1 aromatic carbocycles. The van der Waals surface area contributed by atoms with Crippen molar-refractivity contribution in [3.8, 4) is 0 Å². The van der Waals surface area contributed by atoms with Crippen molar-refractivity contribution in [1.82, 2.24) is 23.7 Å². The van der Waals surface area contributed by atoms with Crippen molar-refractivity contribution < 1.29 is 42.0 Å². The predicted octanol–water partition coefficient (Wildman–Crippen LogP) is 2.22. The van der Waals surface area contributed by atoms with E-state index in [9.17, 15) is 14.7 Å². The number of fused-ring (bicyclic) bond motifs is 2. The van der Waals surface area contributed by atoms with E-state index in [2.05, 4.69) is 22.1 Å². The molecule has 1 radical (unpaired) electrons. The number of benzene rings is 1. The number of aliphatic hydroxyl groups is 1. The Morgan fingerprint density at radius 3 is 2.45 bits per heavy atom. The van der Waals surface area contributed by atoms with Crippen LogP contribution in [-0.4, -0.2) is 34.9 Å². The van der Waals surface area contributed by atoms with Crippen LogP contribution >= 0.6 is 0 Å². The first kappa shape index (κ1) is 25.2. The molecular formula is C22H27LuN5O3. The summed E-state index contributed by atoms with van der Waals surface area (Å²) in [6.45, 7) is 2.09. The molecule has 8 nitrogen and oxygen atoms in total. The summed E-state index contributed by atoms with van der Waals surface area (Å²) in [4.78, 5) is 32.8. The van der Waals surface area contributed by atoms with Crippen molar-refractivity contribution in [3.05, 3.63) is 69.8 Å². The molecule has 4 aromatic rings. The predicted molar refractivity (Wildman–Crippen MR) is 117 cm³/mol. The Morgan fingerprint density at radius 1 is 1.03 bits per heavy atom. The quantitative estimate of drug-likeness (QED) is 0.364. The van der Waals surface area contributed by atoms with E-state index in [1.165, 1.54) is 20.8 Å². The topological polar surface area (TPSA) is 94.9 Å². The number of aliphatic hydroxyl groups excluding tert-OH is 1. The van der Waals surface area contributed by atoms with E-state index in [1.54, 1.807) is 25.6 Å². The minimum Gasteiger partial charge on any atom is -0.393 e. The summed E-state index contributed by atoms with van der Waals surface area (Å²) >= 11 is 0. The van der Waals surface area contributed by atoms with Gasteiger partial charge < -0.3 is 9.67 Å². The summed E-state index contributed by atoms with van der Waals surface area (Å²) in [7, 11) is 3.35. The molecule has 3 aromatic heterocycles. The standard InChI is InChI=1S/C13H20N4O3.C9H7N.Lu/c1-9(18)6-4-5-7-17-12(19)10-11(14-8-15(10)2)16(3)13(17)20;1-2-6-9-8(4-1)5-3-7-10-9;/h8-9,18H,4-7H2,1-3H3;1-7H;/t9-;;/m1../s1. The molecule has 0 bridgehead atoms. The first-order valence-electron chi connectivity index (χ1n) is 9.99. The first-order valence-corrected chi connectivity index (χ1v) is 9.99. The average Bonchev–Trinajstić information content (AvgIpc) is 3.14. The van der Waals surface area contributed by atoms with Gasteiger partial charge in [-0.3, -0.25) is 18.9 Å². The molecule has 1 N–H and O–H groups in total. The van der Waals surface area contributed by atoms with Gasteiger partial charge in [0, 0.05) is 69.1 Å². The SMILES string of the molecule is C[C@@H](O)CCCCn1c(=O)c2c(ncn2C)n(C)c1=O.[Lu].c1ccc2ncccc2c1. The van der Waals surface area contributed by atoms with E-state index < -0.39 is 0 Å². The Kier molecular flexibility index (Phi) is 9.40. The molecule has 31 heavy (non-hydrogen) atoms. The van der Waals surface area contributed by atoms with Gasteiger partial charge >= 0.3 is 5.69 Å². The monoisotopic (exact) mass is 584 g/mol. The normalized spacial score (nSPS) is 11.6. The largest absolute Gasteiger partial charge is 0.393 e. The maximum atomic E-state index is 12.4. The van der Waals surface area contributed by atoms with Crippen molar-refractivity contribution in [1.29, 1.82) is 0 Å². The number of imidazole rings is 1. The molecule has 173 valence electrons. The molecule has 0 unspecified atom stereocenters. The van der Waals surface area contributed by atoms with E-state index in [-0.39, 0.29) is 54.2 Å². The minimum atomic E-state index is -0.353. The molecule has 1 atom stereocenters. The number of para-hydroxylation sites is 1. The van der Waals surface area contributed by atoms with Crippen LogP contribution in [0.15, 0.2) is 58.5 Å². The van der Waals surface area contributed by atoms with Crippen LogP contribution in [0.25, 0.3) is 22.1 Å². The Hall–Kier alpha value is -2.03. The van der Waals surface area contributed by atoms with Crippen LogP contribution in [0.4, 0.5) is 0 Å². The van der Waals surface area contributed by atoms with Gasteiger partial charge in [0.25, 0.3) is 5.56 Å². The second-order valence-electron chi connectivity index (χ2n) is 7.37. The van der Waals surface area contributed by atoms with Gasteiger partial charge in [0.15, 0.2) is 11.2 Å². The van der Waals surface area contributed by atoms with Gasteiger partial charge in [-0.25, -0.2) is 9.78 Å². The Balaban J connectivity index is 0.000000260. The van der Waals surface area contributed by atoms with E-state index in [0.717, 1.165) is 11.9 Å². The van der Waals surface area contributed by atoms with Crippen molar-refractivity contribution in [2.75, 3.05) is 0 Å². The molecule has 0 aliphatic carbocycles. The molecule has 0 saturated carbocycles. The zero-order valence-corrected chi connectivity index (χ0v) is 19.4. The maximum absolute atomic E-state index is 12.4. The van der Waals surface area contributed by atoms with Crippen molar-refractivity contribution >= 4 is 22.1 Å². The second kappa shape index (κ2) is 11.6. The number of aromatic nitrogens is 5. The molecule has 3 heterocycles.